The molecule has 2 aromatic rings. The van der Waals surface area contributed by atoms with E-state index in [1.165, 1.54) is 7.11 Å². The summed E-state index contributed by atoms with van der Waals surface area (Å²) < 4.78 is 5.81. The Morgan fingerprint density at radius 1 is 1.42 bits per heavy atom. The van der Waals surface area contributed by atoms with Crippen molar-refractivity contribution in [2.45, 2.75) is 6.92 Å². The largest absolute Gasteiger partial charge is 0.504 e. The third-order valence-electron chi connectivity index (χ3n) is 2.53. The number of halogens is 1. The second-order valence-corrected chi connectivity index (χ2v) is 4.66. The molecular weight excluding hydrogens is 310 g/mol. The van der Waals surface area contributed by atoms with Gasteiger partial charge in [-0.25, -0.2) is 9.97 Å². The molecule has 0 unspecified atom stereocenters. The number of nitrogens with one attached hydrogen (secondary N) is 1. The van der Waals surface area contributed by atoms with Gasteiger partial charge in [0, 0.05) is 18.3 Å². The average Bonchev–Trinajstić information content (AvgIpc) is 2.41. The predicted molar refractivity (Wildman–Crippen MR) is 77.5 cm³/mol. The van der Waals surface area contributed by atoms with Crippen molar-refractivity contribution in [3.05, 3.63) is 28.9 Å². The van der Waals surface area contributed by atoms with E-state index in [9.17, 15) is 5.11 Å². The number of ether oxygens (including phenoxy) is 1. The number of methoxy groups -OCH3 is 1. The quantitative estimate of drug-likeness (QED) is 0.905. The first-order chi connectivity index (χ1) is 9.15. The van der Waals surface area contributed by atoms with Crippen molar-refractivity contribution in [1.82, 2.24) is 9.97 Å². The second kappa shape index (κ2) is 5.88. The smallest absolute Gasteiger partial charge is 0.161 e. The maximum absolute atomic E-state index is 9.77. The van der Waals surface area contributed by atoms with Gasteiger partial charge in [-0.2, -0.15) is 0 Å². The molecule has 0 aliphatic rings. The molecule has 1 aromatic carbocycles. The molecule has 0 amide bonds. The lowest BCUT2D eigenvalue weighted by atomic mass is 10.2. The Hall–Kier alpha value is -1.82. The summed E-state index contributed by atoms with van der Waals surface area (Å²) in [5.41, 5.74) is 0.727. The van der Waals surface area contributed by atoms with Crippen LogP contribution in [0.3, 0.4) is 0 Å². The van der Waals surface area contributed by atoms with Gasteiger partial charge in [-0.1, -0.05) is 0 Å². The van der Waals surface area contributed by atoms with E-state index in [1.54, 1.807) is 24.4 Å². The van der Waals surface area contributed by atoms with Crippen LogP contribution < -0.4 is 10.1 Å². The first-order valence-corrected chi connectivity index (χ1v) is 6.58. The fourth-order valence-electron chi connectivity index (χ4n) is 1.63. The number of phenolic OH excluding ortho intramolecular Hbond substituents is 1. The number of aromatic nitrogens is 2. The summed E-state index contributed by atoms with van der Waals surface area (Å²) >= 11 is 3.38. The standard InChI is InChI=1S/C13H14BrN3O2/c1-3-15-13-9(14)7-16-12(17-13)8-4-5-11(19-2)10(18)6-8/h4-7,18H,3H2,1-2H3,(H,15,16,17). The number of nitrogens with zero attached hydrogens (tertiary/aromatic N) is 2. The maximum Gasteiger partial charge on any atom is 0.161 e. The number of hydrogen-bond acceptors (Lipinski definition) is 5. The highest BCUT2D eigenvalue weighted by Gasteiger charge is 2.09. The highest BCUT2D eigenvalue weighted by atomic mass is 79.9. The van der Waals surface area contributed by atoms with Gasteiger partial charge in [-0.05, 0) is 41.1 Å². The fraction of sp³-hybridized carbons (Fsp3) is 0.231. The van der Waals surface area contributed by atoms with Crippen LogP contribution in [-0.2, 0) is 0 Å². The van der Waals surface area contributed by atoms with Gasteiger partial charge in [0.1, 0.15) is 5.82 Å². The van der Waals surface area contributed by atoms with Crippen LogP contribution in [0.15, 0.2) is 28.9 Å². The molecular formula is C13H14BrN3O2. The molecule has 1 heterocycles. The van der Waals surface area contributed by atoms with Crippen molar-refractivity contribution in [3.8, 4) is 22.9 Å². The molecule has 0 radical (unpaired) electrons. The summed E-state index contributed by atoms with van der Waals surface area (Å²) in [4.78, 5) is 8.65. The predicted octanol–water partition coefficient (Wildman–Crippen LogP) is 3.05. The number of benzene rings is 1. The van der Waals surface area contributed by atoms with Gasteiger partial charge in [0.15, 0.2) is 17.3 Å². The van der Waals surface area contributed by atoms with Crippen molar-refractivity contribution in [3.63, 3.8) is 0 Å². The summed E-state index contributed by atoms with van der Waals surface area (Å²) in [7, 11) is 1.51. The zero-order valence-electron chi connectivity index (χ0n) is 10.6. The van der Waals surface area contributed by atoms with Crippen LogP contribution in [0.5, 0.6) is 11.5 Å². The SMILES string of the molecule is CCNc1nc(-c2ccc(OC)c(O)c2)ncc1Br. The third-order valence-corrected chi connectivity index (χ3v) is 3.11. The van der Waals surface area contributed by atoms with Crippen LogP contribution in [0.25, 0.3) is 11.4 Å². The third kappa shape index (κ3) is 2.96. The molecule has 0 aliphatic heterocycles. The lowest BCUT2D eigenvalue weighted by Gasteiger charge is -2.08. The van der Waals surface area contributed by atoms with E-state index in [0.717, 1.165) is 22.4 Å². The number of hydrogen-bond donors (Lipinski definition) is 2. The molecule has 0 bridgehead atoms. The van der Waals surface area contributed by atoms with Crippen LogP contribution in [-0.4, -0.2) is 28.7 Å². The van der Waals surface area contributed by atoms with Crippen LogP contribution in [0, 0.1) is 0 Å². The summed E-state index contributed by atoms with van der Waals surface area (Å²) in [6.07, 6.45) is 1.68. The summed E-state index contributed by atoms with van der Waals surface area (Å²) in [5.74, 6) is 1.75. The molecule has 6 heteroatoms. The molecule has 0 saturated heterocycles. The Labute approximate surface area is 119 Å². The Kier molecular flexibility index (Phi) is 4.21. The van der Waals surface area contributed by atoms with Gasteiger partial charge in [0.2, 0.25) is 0 Å². The van der Waals surface area contributed by atoms with E-state index >= 15 is 0 Å². The van der Waals surface area contributed by atoms with E-state index in [0.29, 0.717) is 11.6 Å². The van der Waals surface area contributed by atoms with Crippen LogP contribution in [0.4, 0.5) is 5.82 Å². The van der Waals surface area contributed by atoms with Gasteiger partial charge < -0.3 is 15.2 Å². The second-order valence-electron chi connectivity index (χ2n) is 3.81. The van der Waals surface area contributed by atoms with Crippen molar-refractivity contribution in [2.75, 3.05) is 19.0 Å². The van der Waals surface area contributed by atoms with E-state index in [-0.39, 0.29) is 5.75 Å². The molecule has 0 fully saturated rings. The zero-order chi connectivity index (χ0) is 13.8. The molecule has 5 nitrogen and oxygen atoms in total. The van der Waals surface area contributed by atoms with E-state index in [4.69, 9.17) is 4.74 Å². The van der Waals surface area contributed by atoms with E-state index in [1.807, 2.05) is 6.92 Å². The minimum Gasteiger partial charge on any atom is -0.504 e. The molecule has 2 rings (SSSR count). The Balaban J connectivity index is 2.41. The van der Waals surface area contributed by atoms with Crippen LogP contribution in [0.1, 0.15) is 6.92 Å². The number of phenols is 1. The first kappa shape index (κ1) is 13.6. The maximum atomic E-state index is 9.77. The topological polar surface area (TPSA) is 67.3 Å². The number of rotatable bonds is 4. The minimum atomic E-state index is 0.0662. The number of aromatic hydroxyl groups is 1. The lowest BCUT2D eigenvalue weighted by molar-refractivity contribution is 0.373. The van der Waals surface area contributed by atoms with Gasteiger partial charge in [-0.3, -0.25) is 0 Å². The monoisotopic (exact) mass is 323 g/mol. The molecule has 2 N–H and O–H groups in total. The molecule has 0 aliphatic carbocycles. The molecule has 100 valence electrons. The Morgan fingerprint density at radius 2 is 2.21 bits per heavy atom. The molecule has 19 heavy (non-hydrogen) atoms. The first-order valence-electron chi connectivity index (χ1n) is 5.79. The molecule has 1 aromatic heterocycles. The van der Waals surface area contributed by atoms with Crippen molar-refractivity contribution in [2.24, 2.45) is 0 Å². The van der Waals surface area contributed by atoms with Crippen molar-refractivity contribution in [1.29, 1.82) is 0 Å². The minimum absolute atomic E-state index is 0.0662. The van der Waals surface area contributed by atoms with E-state index < -0.39 is 0 Å². The molecule has 0 spiro atoms. The van der Waals surface area contributed by atoms with Crippen LogP contribution in [0.2, 0.25) is 0 Å². The van der Waals surface area contributed by atoms with Gasteiger partial charge in [-0.15, -0.1) is 0 Å². The van der Waals surface area contributed by atoms with Gasteiger partial charge in [0.25, 0.3) is 0 Å². The molecule has 0 atom stereocenters. The van der Waals surface area contributed by atoms with Crippen molar-refractivity contribution >= 4 is 21.7 Å². The fourth-order valence-corrected chi connectivity index (χ4v) is 1.96. The average molecular weight is 324 g/mol. The zero-order valence-corrected chi connectivity index (χ0v) is 12.2. The normalized spacial score (nSPS) is 10.3. The Morgan fingerprint density at radius 3 is 2.84 bits per heavy atom. The lowest BCUT2D eigenvalue weighted by Crippen LogP contribution is -2.02. The van der Waals surface area contributed by atoms with Crippen LogP contribution >= 0.6 is 15.9 Å². The summed E-state index contributed by atoms with van der Waals surface area (Å²) in [6.45, 7) is 2.76. The Bertz CT molecular complexity index is 590. The number of anilines is 1. The van der Waals surface area contributed by atoms with Gasteiger partial charge >= 0.3 is 0 Å². The summed E-state index contributed by atoms with van der Waals surface area (Å²) in [5, 5.41) is 12.9. The molecule has 0 saturated carbocycles. The van der Waals surface area contributed by atoms with E-state index in [2.05, 4.69) is 31.2 Å². The highest BCUT2D eigenvalue weighted by Crippen LogP contribution is 2.31. The van der Waals surface area contributed by atoms with Crippen molar-refractivity contribution < 1.29 is 9.84 Å². The summed E-state index contributed by atoms with van der Waals surface area (Å²) in [6, 6.07) is 5.07. The highest BCUT2D eigenvalue weighted by molar-refractivity contribution is 9.10. The van der Waals surface area contributed by atoms with Gasteiger partial charge in [0.05, 0.1) is 11.6 Å².